The van der Waals surface area contributed by atoms with Crippen molar-refractivity contribution >= 4 is 39.2 Å². The Labute approximate surface area is 131 Å². The van der Waals surface area contributed by atoms with Crippen molar-refractivity contribution in [1.82, 2.24) is 4.31 Å². The first-order valence-electron chi connectivity index (χ1n) is 6.14. The zero-order valence-electron chi connectivity index (χ0n) is 10.8. The molecule has 0 aliphatic carbocycles. The van der Waals surface area contributed by atoms with Gasteiger partial charge in [-0.15, -0.1) is 0 Å². The summed E-state index contributed by atoms with van der Waals surface area (Å²) in [6, 6.07) is 1.69. The van der Waals surface area contributed by atoms with E-state index in [2.05, 4.69) is 0 Å². The fourth-order valence-corrected chi connectivity index (χ4v) is 4.91. The molecule has 0 radical (unpaired) electrons. The lowest BCUT2D eigenvalue weighted by Crippen LogP contribution is -2.37. The monoisotopic (exact) mass is 353 g/mol. The quantitative estimate of drug-likeness (QED) is 0.860. The molecule has 6 nitrogen and oxygen atoms in total. The Morgan fingerprint density at radius 1 is 1.38 bits per heavy atom. The molecule has 1 fully saturated rings. The van der Waals surface area contributed by atoms with Gasteiger partial charge in [-0.2, -0.15) is 4.31 Å². The summed E-state index contributed by atoms with van der Waals surface area (Å²) in [6.07, 6.45) is 1.16. The molecule has 9 heteroatoms. The molecule has 0 bridgehead atoms. The Morgan fingerprint density at radius 3 is 2.62 bits per heavy atom. The van der Waals surface area contributed by atoms with Crippen LogP contribution in [0.3, 0.4) is 0 Å². The Balaban J connectivity index is 2.57. The van der Waals surface area contributed by atoms with E-state index in [0.717, 1.165) is 16.4 Å². The normalized spacial score (nSPS) is 19.9. The standard InChI is InChI=1S/C12H13Cl2NO5S/c13-7-4-9(12(17)18)11(14)10(5-7)21(19,20)15-3-1-2-8(15)6-16/h4-5,8,16H,1-3,6H2,(H,17,18). The number of carboxylic acids is 1. The molecule has 1 atom stereocenters. The van der Waals surface area contributed by atoms with Gasteiger partial charge in [-0.25, -0.2) is 13.2 Å². The van der Waals surface area contributed by atoms with Crippen molar-refractivity contribution < 1.29 is 23.4 Å². The summed E-state index contributed by atoms with van der Waals surface area (Å²) in [5.74, 6) is -1.36. The zero-order valence-corrected chi connectivity index (χ0v) is 13.1. The van der Waals surface area contributed by atoms with Gasteiger partial charge in [0, 0.05) is 17.6 Å². The lowest BCUT2D eigenvalue weighted by molar-refractivity contribution is 0.0697. The number of hydrogen-bond donors (Lipinski definition) is 2. The van der Waals surface area contributed by atoms with Gasteiger partial charge in [0.2, 0.25) is 10.0 Å². The van der Waals surface area contributed by atoms with Crippen molar-refractivity contribution in [1.29, 1.82) is 0 Å². The van der Waals surface area contributed by atoms with Crippen molar-refractivity contribution in [2.75, 3.05) is 13.2 Å². The van der Waals surface area contributed by atoms with E-state index in [0.29, 0.717) is 12.8 Å². The summed E-state index contributed by atoms with van der Waals surface area (Å²) in [7, 11) is -4.02. The van der Waals surface area contributed by atoms with Crippen LogP contribution < -0.4 is 0 Å². The maximum Gasteiger partial charge on any atom is 0.337 e. The van der Waals surface area contributed by atoms with Crippen molar-refractivity contribution in [3.8, 4) is 0 Å². The highest BCUT2D eigenvalue weighted by atomic mass is 35.5. The minimum atomic E-state index is -4.02. The van der Waals surface area contributed by atoms with E-state index in [1.807, 2.05) is 0 Å². The smallest absolute Gasteiger partial charge is 0.337 e. The number of rotatable bonds is 4. The van der Waals surface area contributed by atoms with Crippen LogP contribution in [-0.4, -0.2) is 48.1 Å². The predicted molar refractivity (Wildman–Crippen MR) is 77.4 cm³/mol. The van der Waals surface area contributed by atoms with Crippen LogP contribution in [0.5, 0.6) is 0 Å². The molecule has 1 aliphatic heterocycles. The predicted octanol–water partition coefficient (Wildman–Crippen LogP) is 1.84. The summed E-state index contributed by atoms with van der Waals surface area (Å²) >= 11 is 11.7. The fraction of sp³-hybridized carbons (Fsp3) is 0.417. The number of carbonyl (C=O) groups is 1. The minimum absolute atomic E-state index is 0.0323. The second-order valence-corrected chi connectivity index (χ2v) is 7.34. The van der Waals surface area contributed by atoms with Crippen LogP contribution in [0.2, 0.25) is 10.0 Å². The maximum absolute atomic E-state index is 12.6. The molecule has 0 amide bonds. The van der Waals surface area contributed by atoms with Gasteiger partial charge >= 0.3 is 5.97 Å². The molecule has 21 heavy (non-hydrogen) atoms. The lowest BCUT2D eigenvalue weighted by Gasteiger charge is -2.23. The van der Waals surface area contributed by atoms with Crippen LogP contribution in [0.4, 0.5) is 0 Å². The summed E-state index contributed by atoms with van der Waals surface area (Å²) in [4.78, 5) is 10.8. The largest absolute Gasteiger partial charge is 0.478 e. The Bertz CT molecular complexity index is 676. The van der Waals surface area contributed by atoms with E-state index in [4.69, 9.17) is 28.3 Å². The van der Waals surface area contributed by atoms with Gasteiger partial charge in [-0.05, 0) is 25.0 Å². The number of nitrogens with zero attached hydrogens (tertiary/aromatic N) is 1. The molecular weight excluding hydrogens is 341 g/mol. The van der Waals surface area contributed by atoms with Crippen LogP contribution in [0.25, 0.3) is 0 Å². The summed E-state index contributed by atoms with van der Waals surface area (Å²) in [6.45, 7) is -0.0536. The van der Waals surface area contributed by atoms with Crippen LogP contribution in [-0.2, 0) is 10.0 Å². The third kappa shape index (κ3) is 3.02. The Kier molecular flexibility index (Phi) is 4.79. The van der Waals surface area contributed by atoms with E-state index in [9.17, 15) is 18.3 Å². The molecule has 2 N–H and O–H groups in total. The molecule has 0 saturated carbocycles. The molecule has 1 aromatic carbocycles. The molecule has 2 rings (SSSR count). The first-order chi connectivity index (χ1) is 9.78. The zero-order chi connectivity index (χ0) is 15.8. The number of aliphatic hydroxyl groups is 1. The molecule has 1 heterocycles. The third-order valence-electron chi connectivity index (χ3n) is 3.35. The number of sulfonamides is 1. The number of hydrogen-bond acceptors (Lipinski definition) is 4. The first kappa shape index (κ1) is 16.5. The molecule has 0 aromatic heterocycles. The highest BCUT2D eigenvalue weighted by molar-refractivity contribution is 7.89. The molecule has 1 aliphatic rings. The summed E-state index contributed by atoms with van der Waals surface area (Å²) in [5, 5.41) is 17.9. The minimum Gasteiger partial charge on any atom is -0.478 e. The molecule has 116 valence electrons. The van der Waals surface area contributed by atoms with Crippen LogP contribution >= 0.6 is 23.2 Å². The van der Waals surface area contributed by atoms with E-state index < -0.39 is 22.0 Å². The molecule has 1 unspecified atom stereocenters. The lowest BCUT2D eigenvalue weighted by atomic mass is 10.2. The highest BCUT2D eigenvalue weighted by Gasteiger charge is 2.37. The van der Waals surface area contributed by atoms with Crippen LogP contribution in [0.1, 0.15) is 23.2 Å². The van der Waals surface area contributed by atoms with Gasteiger partial charge in [0.15, 0.2) is 0 Å². The number of benzene rings is 1. The maximum atomic E-state index is 12.6. The molecule has 1 saturated heterocycles. The number of carboxylic acid groups (broad SMARTS) is 1. The van der Waals surface area contributed by atoms with Crippen LogP contribution in [0.15, 0.2) is 17.0 Å². The van der Waals surface area contributed by atoms with Gasteiger partial charge in [0.1, 0.15) is 4.90 Å². The topological polar surface area (TPSA) is 94.9 Å². The highest BCUT2D eigenvalue weighted by Crippen LogP contribution is 2.34. The first-order valence-corrected chi connectivity index (χ1v) is 8.33. The van der Waals surface area contributed by atoms with Crippen molar-refractivity contribution in [2.45, 2.75) is 23.8 Å². The van der Waals surface area contributed by atoms with Gasteiger partial charge < -0.3 is 10.2 Å². The Hall–Kier alpha value is -0.860. The molecular formula is C12H13Cl2NO5S. The van der Waals surface area contributed by atoms with Crippen molar-refractivity contribution in [2.24, 2.45) is 0 Å². The van der Waals surface area contributed by atoms with E-state index in [1.54, 1.807) is 0 Å². The Morgan fingerprint density at radius 2 is 2.05 bits per heavy atom. The number of aromatic carboxylic acids is 1. The van der Waals surface area contributed by atoms with Crippen molar-refractivity contribution in [3.63, 3.8) is 0 Å². The van der Waals surface area contributed by atoms with Gasteiger partial charge in [0.25, 0.3) is 0 Å². The van der Waals surface area contributed by atoms with Crippen molar-refractivity contribution in [3.05, 3.63) is 27.7 Å². The number of halogens is 2. The third-order valence-corrected chi connectivity index (χ3v) is 6.07. The summed E-state index contributed by atoms with van der Waals surface area (Å²) in [5.41, 5.74) is -0.373. The van der Waals surface area contributed by atoms with Gasteiger partial charge in [0.05, 0.1) is 17.2 Å². The molecule has 0 spiro atoms. The van der Waals surface area contributed by atoms with E-state index in [1.165, 1.54) is 0 Å². The average Bonchev–Trinajstić information content (AvgIpc) is 2.89. The van der Waals surface area contributed by atoms with E-state index in [-0.39, 0.29) is 33.7 Å². The number of aliphatic hydroxyl groups excluding tert-OH is 1. The second-order valence-electron chi connectivity index (χ2n) is 4.67. The second kappa shape index (κ2) is 6.10. The fourth-order valence-electron chi connectivity index (χ4n) is 2.34. The SMILES string of the molecule is O=C(O)c1cc(Cl)cc(S(=O)(=O)N2CCCC2CO)c1Cl. The van der Waals surface area contributed by atoms with Gasteiger partial charge in [-0.1, -0.05) is 23.2 Å². The average molecular weight is 354 g/mol. The van der Waals surface area contributed by atoms with Gasteiger partial charge in [-0.3, -0.25) is 0 Å². The summed E-state index contributed by atoms with van der Waals surface area (Å²) < 4.78 is 26.4. The van der Waals surface area contributed by atoms with Crippen LogP contribution in [0, 0.1) is 0 Å². The van der Waals surface area contributed by atoms with E-state index >= 15 is 0 Å². The molecule has 1 aromatic rings.